The Morgan fingerprint density at radius 1 is 1.00 bits per heavy atom. The van der Waals surface area contributed by atoms with Crippen molar-refractivity contribution in [2.24, 2.45) is 5.73 Å². The summed E-state index contributed by atoms with van der Waals surface area (Å²) in [7, 11) is 1.71. The number of anilines is 1. The normalized spacial score (nSPS) is 16.8. The molecule has 0 aromatic heterocycles. The second kappa shape index (κ2) is 8.18. The van der Waals surface area contributed by atoms with E-state index in [1.807, 2.05) is 12.1 Å². The van der Waals surface area contributed by atoms with Crippen molar-refractivity contribution in [1.29, 1.82) is 0 Å². The van der Waals surface area contributed by atoms with E-state index in [2.05, 4.69) is 52.3 Å². The summed E-state index contributed by atoms with van der Waals surface area (Å²) in [5.41, 5.74) is 8.91. The molecule has 4 heteroatoms. The van der Waals surface area contributed by atoms with Crippen LogP contribution in [0.4, 0.5) is 5.69 Å². The summed E-state index contributed by atoms with van der Waals surface area (Å²) in [6.07, 6.45) is 0.941. The van der Waals surface area contributed by atoms with Gasteiger partial charge in [0.05, 0.1) is 7.11 Å². The molecule has 0 bridgehead atoms. The third kappa shape index (κ3) is 4.49. The zero-order chi connectivity index (χ0) is 16.8. The van der Waals surface area contributed by atoms with Crippen LogP contribution in [0, 0.1) is 0 Å². The standard InChI is InChI=1S/C20H27N3O/c1-24-20-9-5-8-19(15-20)23-12-10-22(11-13-23)16-18(21)14-17-6-3-2-4-7-17/h2-9,15,18H,10-14,16,21H2,1H3/t18-/m1/s1. The first-order valence-electron chi connectivity index (χ1n) is 8.65. The Labute approximate surface area is 144 Å². The quantitative estimate of drug-likeness (QED) is 0.885. The zero-order valence-electron chi connectivity index (χ0n) is 14.4. The molecule has 0 spiro atoms. The number of ether oxygens (including phenoxy) is 1. The molecule has 2 N–H and O–H groups in total. The van der Waals surface area contributed by atoms with E-state index in [1.54, 1.807) is 7.11 Å². The number of benzene rings is 2. The van der Waals surface area contributed by atoms with Gasteiger partial charge < -0.3 is 15.4 Å². The van der Waals surface area contributed by atoms with E-state index in [1.165, 1.54) is 11.3 Å². The van der Waals surface area contributed by atoms with Gasteiger partial charge in [-0.25, -0.2) is 0 Å². The Hall–Kier alpha value is -2.04. The molecule has 0 saturated carbocycles. The topological polar surface area (TPSA) is 41.7 Å². The van der Waals surface area contributed by atoms with Crippen LogP contribution in [0.1, 0.15) is 5.56 Å². The maximum Gasteiger partial charge on any atom is 0.120 e. The van der Waals surface area contributed by atoms with Crippen molar-refractivity contribution in [3.8, 4) is 5.75 Å². The highest BCUT2D eigenvalue weighted by atomic mass is 16.5. The van der Waals surface area contributed by atoms with Crippen LogP contribution >= 0.6 is 0 Å². The average Bonchev–Trinajstić information content (AvgIpc) is 2.63. The van der Waals surface area contributed by atoms with Crippen molar-refractivity contribution in [1.82, 2.24) is 4.90 Å². The number of hydrogen-bond acceptors (Lipinski definition) is 4. The van der Waals surface area contributed by atoms with Crippen LogP contribution in [0.25, 0.3) is 0 Å². The van der Waals surface area contributed by atoms with Crippen LogP contribution in [0.15, 0.2) is 54.6 Å². The molecule has 0 radical (unpaired) electrons. The highest BCUT2D eigenvalue weighted by molar-refractivity contribution is 5.51. The molecule has 2 aromatic rings. The Morgan fingerprint density at radius 3 is 2.46 bits per heavy atom. The molecule has 3 rings (SSSR count). The fourth-order valence-corrected chi connectivity index (χ4v) is 3.31. The van der Waals surface area contributed by atoms with Crippen LogP contribution < -0.4 is 15.4 Å². The number of rotatable bonds is 6. The van der Waals surface area contributed by atoms with Gasteiger partial charge in [-0.15, -0.1) is 0 Å². The Morgan fingerprint density at radius 2 is 1.75 bits per heavy atom. The summed E-state index contributed by atoms with van der Waals surface area (Å²) >= 11 is 0. The van der Waals surface area contributed by atoms with E-state index in [-0.39, 0.29) is 6.04 Å². The Kier molecular flexibility index (Phi) is 5.72. The second-order valence-electron chi connectivity index (χ2n) is 6.44. The minimum Gasteiger partial charge on any atom is -0.497 e. The SMILES string of the molecule is COc1cccc(N2CCN(C[C@H](N)Cc3ccccc3)CC2)c1. The van der Waals surface area contributed by atoms with Crippen LogP contribution in [0.3, 0.4) is 0 Å². The maximum absolute atomic E-state index is 6.35. The third-order valence-electron chi connectivity index (χ3n) is 4.62. The van der Waals surface area contributed by atoms with Gasteiger partial charge in [-0.05, 0) is 24.1 Å². The molecule has 0 aliphatic carbocycles. The van der Waals surface area contributed by atoms with E-state index in [0.29, 0.717) is 0 Å². The lowest BCUT2D eigenvalue weighted by molar-refractivity contribution is 0.242. The number of piperazine rings is 1. The minimum absolute atomic E-state index is 0.191. The molecule has 1 heterocycles. The van der Waals surface area contributed by atoms with Gasteiger partial charge in [0.1, 0.15) is 5.75 Å². The molecule has 1 fully saturated rings. The summed E-state index contributed by atoms with van der Waals surface area (Å²) < 4.78 is 5.32. The molecule has 1 aliphatic rings. The van der Waals surface area contributed by atoms with Crippen LogP contribution in [-0.4, -0.2) is 50.8 Å². The van der Waals surface area contributed by atoms with Gasteiger partial charge in [-0.3, -0.25) is 4.90 Å². The van der Waals surface area contributed by atoms with Gasteiger partial charge in [-0.1, -0.05) is 36.4 Å². The van der Waals surface area contributed by atoms with Crippen LogP contribution in [0.2, 0.25) is 0 Å². The second-order valence-corrected chi connectivity index (χ2v) is 6.44. The van der Waals surface area contributed by atoms with E-state index < -0.39 is 0 Å². The average molecular weight is 325 g/mol. The lowest BCUT2D eigenvalue weighted by Crippen LogP contribution is -2.50. The molecular weight excluding hydrogens is 298 g/mol. The van der Waals surface area contributed by atoms with Crippen LogP contribution in [0.5, 0.6) is 5.75 Å². The van der Waals surface area contributed by atoms with Crippen molar-refractivity contribution < 1.29 is 4.74 Å². The van der Waals surface area contributed by atoms with Gasteiger partial charge in [0.25, 0.3) is 0 Å². The Bertz CT molecular complexity index is 624. The molecule has 1 saturated heterocycles. The number of hydrogen-bond donors (Lipinski definition) is 1. The summed E-state index contributed by atoms with van der Waals surface area (Å²) in [4.78, 5) is 4.89. The van der Waals surface area contributed by atoms with Crippen LogP contribution in [-0.2, 0) is 6.42 Å². The fourth-order valence-electron chi connectivity index (χ4n) is 3.31. The lowest BCUT2D eigenvalue weighted by atomic mass is 10.1. The fraction of sp³-hybridized carbons (Fsp3) is 0.400. The molecule has 1 aliphatic heterocycles. The molecular formula is C20H27N3O. The number of nitrogens with two attached hydrogens (primary N) is 1. The van der Waals surface area contributed by atoms with Crippen molar-refractivity contribution in [2.75, 3.05) is 44.7 Å². The minimum atomic E-state index is 0.191. The zero-order valence-corrected chi connectivity index (χ0v) is 14.4. The smallest absolute Gasteiger partial charge is 0.120 e. The van der Waals surface area contributed by atoms with Gasteiger partial charge in [0.2, 0.25) is 0 Å². The number of nitrogens with zero attached hydrogens (tertiary/aromatic N) is 2. The molecule has 0 unspecified atom stereocenters. The summed E-state index contributed by atoms with van der Waals surface area (Å²) in [6.45, 7) is 5.14. The summed E-state index contributed by atoms with van der Waals surface area (Å²) in [5.74, 6) is 0.916. The summed E-state index contributed by atoms with van der Waals surface area (Å²) in [5, 5.41) is 0. The van der Waals surface area contributed by atoms with Crippen molar-refractivity contribution in [3.63, 3.8) is 0 Å². The number of methoxy groups -OCH3 is 1. The van der Waals surface area contributed by atoms with E-state index >= 15 is 0 Å². The largest absolute Gasteiger partial charge is 0.497 e. The third-order valence-corrected chi connectivity index (χ3v) is 4.62. The predicted octanol–water partition coefficient (Wildman–Crippen LogP) is 2.39. The van der Waals surface area contributed by atoms with E-state index in [9.17, 15) is 0 Å². The molecule has 2 aromatic carbocycles. The lowest BCUT2D eigenvalue weighted by Gasteiger charge is -2.37. The predicted molar refractivity (Wildman–Crippen MR) is 99.8 cm³/mol. The van der Waals surface area contributed by atoms with Gasteiger partial charge in [0.15, 0.2) is 0 Å². The monoisotopic (exact) mass is 325 g/mol. The first-order valence-corrected chi connectivity index (χ1v) is 8.65. The molecule has 128 valence electrons. The summed E-state index contributed by atoms with van der Waals surface area (Å²) in [6, 6.07) is 19.0. The Balaban J connectivity index is 1.48. The van der Waals surface area contributed by atoms with Crippen molar-refractivity contribution in [3.05, 3.63) is 60.2 Å². The first-order chi connectivity index (χ1) is 11.7. The van der Waals surface area contributed by atoms with E-state index in [4.69, 9.17) is 10.5 Å². The van der Waals surface area contributed by atoms with Crippen molar-refractivity contribution in [2.45, 2.75) is 12.5 Å². The molecule has 24 heavy (non-hydrogen) atoms. The first kappa shape index (κ1) is 16.8. The maximum atomic E-state index is 6.35. The molecule has 1 atom stereocenters. The van der Waals surface area contributed by atoms with Gasteiger partial charge >= 0.3 is 0 Å². The highest BCUT2D eigenvalue weighted by Gasteiger charge is 2.19. The van der Waals surface area contributed by atoms with Crippen molar-refractivity contribution >= 4 is 5.69 Å². The van der Waals surface area contributed by atoms with Gasteiger partial charge in [0, 0.05) is 50.5 Å². The molecule has 0 amide bonds. The van der Waals surface area contributed by atoms with Gasteiger partial charge in [-0.2, -0.15) is 0 Å². The highest BCUT2D eigenvalue weighted by Crippen LogP contribution is 2.22. The van der Waals surface area contributed by atoms with E-state index in [0.717, 1.165) is 44.9 Å². The molecule has 4 nitrogen and oxygen atoms in total.